The number of amides is 1. The lowest BCUT2D eigenvalue weighted by Gasteiger charge is -2.11. The van der Waals surface area contributed by atoms with E-state index in [0.29, 0.717) is 5.16 Å². The second-order valence-corrected chi connectivity index (χ2v) is 7.73. The van der Waals surface area contributed by atoms with Crippen molar-refractivity contribution in [3.63, 3.8) is 0 Å². The molecule has 1 unspecified atom stereocenters. The third-order valence-corrected chi connectivity index (χ3v) is 5.08. The minimum atomic E-state index is -0.688. The van der Waals surface area contributed by atoms with Crippen LogP contribution in [0, 0.1) is 11.6 Å². The number of H-pyrrole nitrogens is 1. The van der Waals surface area contributed by atoms with E-state index >= 15 is 0 Å². The standard InChI is InChI=1S/C18H14BrF2N3OS/c1-10(17(25)23-15-8-13(20)6-7-14(15)21)26-18-22-9-16(24-18)11-2-4-12(19)5-3-11/h2-10H,1H3,(H,22,24)(H,23,25). The number of carbonyl (C=O) groups is 1. The Hall–Kier alpha value is -2.19. The number of aromatic nitrogens is 2. The van der Waals surface area contributed by atoms with Gasteiger partial charge in [0.15, 0.2) is 5.16 Å². The van der Waals surface area contributed by atoms with Crippen molar-refractivity contribution >= 4 is 39.3 Å². The van der Waals surface area contributed by atoms with Gasteiger partial charge >= 0.3 is 0 Å². The molecule has 134 valence electrons. The Morgan fingerprint density at radius 1 is 1.23 bits per heavy atom. The first-order valence-electron chi connectivity index (χ1n) is 7.66. The third kappa shape index (κ3) is 4.50. The predicted molar refractivity (Wildman–Crippen MR) is 102 cm³/mol. The molecule has 1 amide bonds. The summed E-state index contributed by atoms with van der Waals surface area (Å²) in [4.78, 5) is 19.6. The van der Waals surface area contributed by atoms with E-state index in [2.05, 4.69) is 31.2 Å². The lowest BCUT2D eigenvalue weighted by molar-refractivity contribution is -0.115. The first-order chi connectivity index (χ1) is 12.4. The molecule has 0 radical (unpaired) electrons. The molecule has 4 nitrogen and oxygen atoms in total. The number of carbonyl (C=O) groups excluding carboxylic acids is 1. The number of benzene rings is 2. The molecular formula is C18H14BrF2N3OS. The molecule has 8 heteroatoms. The summed E-state index contributed by atoms with van der Waals surface area (Å²) in [7, 11) is 0. The van der Waals surface area contributed by atoms with Gasteiger partial charge in [-0.2, -0.15) is 0 Å². The first-order valence-corrected chi connectivity index (χ1v) is 9.33. The molecule has 3 rings (SSSR count). The summed E-state index contributed by atoms with van der Waals surface area (Å²) in [5.74, 6) is -1.75. The fraction of sp³-hybridized carbons (Fsp3) is 0.111. The zero-order chi connectivity index (χ0) is 18.7. The van der Waals surface area contributed by atoms with E-state index in [1.165, 1.54) is 11.8 Å². The largest absolute Gasteiger partial charge is 0.333 e. The van der Waals surface area contributed by atoms with Crippen molar-refractivity contribution in [3.8, 4) is 11.3 Å². The lowest BCUT2D eigenvalue weighted by Crippen LogP contribution is -2.23. The number of imidazole rings is 1. The van der Waals surface area contributed by atoms with Crippen molar-refractivity contribution in [2.45, 2.75) is 17.3 Å². The second-order valence-electron chi connectivity index (χ2n) is 5.48. The molecule has 0 aliphatic rings. The van der Waals surface area contributed by atoms with Crippen LogP contribution in [-0.2, 0) is 4.79 Å². The highest BCUT2D eigenvalue weighted by molar-refractivity contribution is 9.10. The second kappa shape index (κ2) is 8.01. The molecule has 0 saturated carbocycles. The molecule has 2 N–H and O–H groups in total. The highest BCUT2D eigenvalue weighted by Gasteiger charge is 2.18. The Morgan fingerprint density at radius 3 is 2.69 bits per heavy atom. The molecule has 1 heterocycles. The molecule has 3 aromatic rings. The molecule has 0 saturated heterocycles. The number of anilines is 1. The normalized spacial score (nSPS) is 12.0. The van der Waals surface area contributed by atoms with Crippen molar-refractivity contribution in [2.24, 2.45) is 0 Å². The maximum absolute atomic E-state index is 13.6. The van der Waals surface area contributed by atoms with Crippen LogP contribution in [-0.4, -0.2) is 21.1 Å². The van der Waals surface area contributed by atoms with Gasteiger partial charge in [0.1, 0.15) is 11.6 Å². The molecule has 1 aromatic heterocycles. The van der Waals surface area contributed by atoms with E-state index in [1.54, 1.807) is 13.1 Å². The quantitative estimate of drug-likeness (QED) is 0.536. The molecule has 2 aromatic carbocycles. The Balaban J connectivity index is 1.66. The molecule has 0 fully saturated rings. The van der Waals surface area contributed by atoms with Crippen LogP contribution in [0.2, 0.25) is 0 Å². The van der Waals surface area contributed by atoms with E-state index < -0.39 is 22.8 Å². The van der Waals surface area contributed by atoms with E-state index in [-0.39, 0.29) is 5.69 Å². The highest BCUT2D eigenvalue weighted by Crippen LogP contribution is 2.26. The fourth-order valence-corrected chi connectivity index (χ4v) is 3.24. The zero-order valence-electron chi connectivity index (χ0n) is 13.6. The van der Waals surface area contributed by atoms with Crippen molar-refractivity contribution in [1.82, 2.24) is 9.97 Å². The van der Waals surface area contributed by atoms with Crippen LogP contribution in [0.4, 0.5) is 14.5 Å². The maximum Gasteiger partial charge on any atom is 0.237 e. The number of hydrogen-bond donors (Lipinski definition) is 2. The van der Waals surface area contributed by atoms with E-state index in [9.17, 15) is 13.6 Å². The van der Waals surface area contributed by atoms with Crippen LogP contribution in [0.3, 0.4) is 0 Å². The molecule has 0 spiro atoms. The van der Waals surface area contributed by atoms with Crippen molar-refractivity contribution in [2.75, 3.05) is 5.32 Å². The van der Waals surface area contributed by atoms with Gasteiger partial charge in [0, 0.05) is 10.5 Å². The van der Waals surface area contributed by atoms with Gasteiger partial charge in [-0.15, -0.1) is 0 Å². The molecule has 0 aliphatic carbocycles. The van der Waals surface area contributed by atoms with Crippen molar-refractivity contribution < 1.29 is 13.6 Å². The summed E-state index contributed by atoms with van der Waals surface area (Å²) in [6.45, 7) is 1.67. The van der Waals surface area contributed by atoms with Gasteiger partial charge in [-0.25, -0.2) is 13.8 Å². The minimum Gasteiger partial charge on any atom is -0.333 e. The number of halogens is 3. The molecule has 26 heavy (non-hydrogen) atoms. The average Bonchev–Trinajstić information content (AvgIpc) is 3.07. The Kier molecular flexibility index (Phi) is 5.73. The summed E-state index contributed by atoms with van der Waals surface area (Å²) < 4.78 is 27.8. The van der Waals surface area contributed by atoms with Gasteiger partial charge in [-0.05, 0) is 36.8 Å². The van der Waals surface area contributed by atoms with Crippen molar-refractivity contribution in [1.29, 1.82) is 0 Å². The molecule has 1 atom stereocenters. The van der Waals surface area contributed by atoms with Crippen molar-refractivity contribution in [3.05, 3.63) is 64.8 Å². The summed E-state index contributed by atoms with van der Waals surface area (Å²) in [6.07, 6.45) is 1.68. The van der Waals surface area contributed by atoms with Crippen LogP contribution in [0.1, 0.15) is 6.92 Å². The Morgan fingerprint density at radius 2 is 1.96 bits per heavy atom. The highest BCUT2D eigenvalue weighted by atomic mass is 79.9. The predicted octanol–water partition coefficient (Wildman–Crippen LogP) is 5.24. The first kappa shape index (κ1) is 18.6. The van der Waals surface area contributed by atoms with E-state index in [1.807, 2.05) is 24.3 Å². The van der Waals surface area contributed by atoms with Gasteiger partial charge < -0.3 is 10.3 Å². The Labute approximate surface area is 161 Å². The number of nitrogens with zero attached hydrogens (tertiary/aromatic N) is 1. The zero-order valence-corrected chi connectivity index (χ0v) is 16.0. The van der Waals surface area contributed by atoms with Crippen LogP contribution >= 0.6 is 27.7 Å². The topological polar surface area (TPSA) is 57.8 Å². The third-order valence-electron chi connectivity index (χ3n) is 3.55. The molecule has 0 bridgehead atoms. The molecule has 0 aliphatic heterocycles. The summed E-state index contributed by atoms with van der Waals surface area (Å²) in [6, 6.07) is 10.6. The van der Waals surface area contributed by atoms with E-state index in [0.717, 1.165) is 33.9 Å². The Bertz CT molecular complexity index is 930. The SMILES string of the molecule is CC(Sc1ncc(-c2ccc(Br)cc2)[nH]1)C(=O)Nc1cc(F)ccc1F. The van der Waals surface area contributed by atoms with Gasteiger partial charge in [0.05, 0.1) is 22.8 Å². The average molecular weight is 438 g/mol. The van der Waals surface area contributed by atoms with Crippen LogP contribution in [0.25, 0.3) is 11.3 Å². The van der Waals surface area contributed by atoms with E-state index in [4.69, 9.17) is 0 Å². The van der Waals surface area contributed by atoms with Gasteiger partial charge in [0.25, 0.3) is 0 Å². The van der Waals surface area contributed by atoms with Gasteiger partial charge in [-0.3, -0.25) is 4.79 Å². The maximum atomic E-state index is 13.6. The van der Waals surface area contributed by atoms with Gasteiger partial charge in [-0.1, -0.05) is 39.8 Å². The number of nitrogens with one attached hydrogen (secondary N) is 2. The fourth-order valence-electron chi connectivity index (χ4n) is 2.19. The number of rotatable bonds is 5. The number of aromatic amines is 1. The summed E-state index contributed by atoms with van der Waals surface area (Å²) in [5.41, 5.74) is 1.60. The van der Waals surface area contributed by atoms with Gasteiger partial charge in [0.2, 0.25) is 5.91 Å². The van der Waals surface area contributed by atoms with Crippen LogP contribution in [0.5, 0.6) is 0 Å². The molecular weight excluding hydrogens is 424 g/mol. The smallest absolute Gasteiger partial charge is 0.237 e. The number of hydrogen-bond acceptors (Lipinski definition) is 3. The minimum absolute atomic E-state index is 0.183. The summed E-state index contributed by atoms with van der Waals surface area (Å²) in [5, 5.41) is 2.40. The monoisotopic (exact) mass is 437 g/mol. The van der Waals surface area contributed by atoms with Crippen LogP contribution < -0.4 is 5.32 Å². The lowest BCUT2D eigenvalue weighted by atomic mass is 10.2. The van der Waals surface area contributed by atoms with Crippen LogP contribution in [0.15, 0.2) is 58.3 Å². The number of thioether (sulfide) groups is 1. The summed E-state index contributed by atoms with van der Waals surface area (Å²) >= 11 is 4.58.